The maximum Gasteiger partial charge on any atom is 0.336 e. The number of carboxylic acids is 1. The molecule has 2 rings (SSSR count). The summed E-state index contributed by atoms with van der Waals surface area (Å²) in [6, 6.07) is -2.94. The second kappa shape index (κ2) is 15.0. The minimum absolute atomic E-state index is 0.0464. The molecule has 0 radical (unpaired) electrons. The highest BCUT2D eigenvalue weighted by molar-refractivity contribution is 7.10. The summed E-state index contributed by atoms with van der Waals surface area (Å²) in [6.07, 6.45) is 3.46. The van der Waals surface area contributed by atoms with Gasteiger partial charge in [0.2, 0.25) is 11.9 Å². The Morgan fingerprint density at radius 1 is 1.15 bits per heavy atom. The normalized spacial score (nSPS) is 18.8. The van der Waals surface area contributed by atoms with Crippen molar-refractivity contribution in [2.24, 2.45) is 23.5 Å². The first-order chi connectivity index (χ1) is 18.8. The number of Topliss-reactive ketones (excluding diaryl/α,β-unsaturated/α-hetero) is 2. The molecule has 0 aromatic carbocycles. The van der Waals surface area contributed by atoms with Gasteiger partial charge in [0.05, 0.1) is 18.5 Å². The number of nitrogens with two attached hydrogens (primary N) is 1. The second-order valence-electron chi connectivity index (χ2n) is 10.8. The van der Waals surface area contributed by atoms with Crippen LogP contribution in [0.5, 0.6) is 0 Å². The molecule has 3 amide bonds. The number of likely N-dealkylation sites (N-methyl/N-ethyl adjacent to an activating group) is 1. The molecule has 1 aromatic rings. The summed E-state index contributed by atoms with van der Waals surface area (Å²) in [7, 11) is 1.93. The molecule has 1 aliphatic rings. The van der Waals surface area contributed by atoms with E-state index in [2.05, 4.69) is 15.2 Å². The van der Waals surface area contributed by atoms with Gasteiger partial charge in [-0.05, 0) is 38.3 Å². The summed E-state index contributed by atoms with van der Waals surface area (Å²) in [6.45, 7) is 8.36. The van der Waals surface area contributed by atoms with Crippen LogP contribution in [-0.4, -0.2) is 82.0 Å². The van der Waals surface area contributed by atoms with Gasteiger partial charge in [-0.15, -0.1) is 11.3 Å². The molecule has 1 saturated heterocycles. The quantitative estimate of drug-likeness (QED) is 0.221. The van der Waals surface area contributed by atoms with Gasteiger partial charge in [-0.25, -0.2) is 9.78 Å². The van der Waals surface area contributed by atoms with E-state index >= 15 is 0 Å². The number of aliphatic carboxylic acids is 1. The highest BCUT2D eigenvalue weighted by Gasteiger charge is 2.35. The summed E-state index contributed by atoms with van der Waals surface area (Å²) in [5.74, 6) is -5.23. The number of aromatic nitrogens is 1. The van der Waals surface area contributed by atoms with Gasteiger partial charge in [0.15, 0.2) is 11.6 Å². The summed E-state index contributed by atoms with van der Waals surface area (Å²) >= 11 is 1.02. The van der Waals surface area contributed by atoms with E-state index in [1.54, 1.807) is 13.8 Å². The average Bonchev–Trinajstić information content (AvgIpc) is 3.36. The third kappa shape index (κ3) is 8.91. The van der Waals surface area contributed by atoms with E-state index in [1.165, 1.54) is 5.38 Å². The molecule has 13 heteroatoms. The van der Waals surface area contributed by atoms with Crippen molar-refractivity contribution in [1.29, 1.82) is 0 Å². The van der Waals surface area contributed by atoms with Crippen LogP contribution in [0.1, 0.15) is 75.3 Å². The topological polar surface area (TPSA) is 189 Å². The SMILES string of the molecule is CCC(C)[C@H](CC(=O)C1CCCCN1C)C(=O)N[C@H](C(=O)Cc1nc(C(=O)NC(C(N)=O)C(=O)O)cs1)C(C)C. The number of nitrogens with one attached hydrogen (secondary N) is 2. The Morgan fingerprint density at radius 2 is 1.82 bits per heavy atom. The number of carbonyl (C=O) groups is 6. The third-order valence-corrected chi connectivity index (χ3v) is 8.31. The van der Waals surface area contributed by atoms with Crippen molar-refractivity contribution < 1.29 is 33.9 Å². The van der Waals surface area contributed by atoms with Crippen LogP contribution < -0.4 is 16.4 Å². The number of hydrogen-bond donors (Lipinski definition) is 4. The molecule has 1 aromatic heterocycles. The molecule has 2 heterocycles. The lowest BCUT2D eigenvalue weighted by Crippen LogP contribution is -2.50. The molecular formula is C27H41N5O7S. The average molecular weight is 580 g/mol. The van der Waals surface area contributed by atoms with Gasteiger partial charge in [0, 0.05) is 17.7 Å². The van der Waals surface area contributed by atoms with Gasteiger partial charge < -0.3 is 21.5 Å². The fourth-order valence-corrected chi connectivity index (χ4v) is 5.55. The van der Waals surface area contributed by atoms with Gasteiger partial charge in [0.1, 0.15) is 10.7 Å². The number of nitrogens with zero attached hydrogens (tertiary/aromatic N) is 2. The fourth-order valence-electron chi connectivity index (χ4n) is 4.77. The molecule has 0 bridgehead atoms. The zero-order valence-electron chi connectivity index (χ0n) is 23.8. The van der Waals surface area contributed by atoms with Crippen LogP contribution in [0, 0.1) is 17.8 Å². The molecule has 12 nitrogen and oxygen atoms in total. The molecule has 5 N–H and O–H groups in total. The predicted octanol–water partition coefficient (Wildman–Crippen LogP) is 1.17. The number of hydrogen-bond acceptors (Lipinski definition) is 9. The van der Waals surface area contributed by atoms with E-state index in [0.717, 1.165) is 37.1 Å². The van der Waals surface area contributed by atoms with Crippen molar-refractivity contribution in [3.8, 4) is 0 Å². The predicted molar refractivity (Wildman–Crippen MR) is 149 cm³/mol. The first-order valence-electron chi connectivity index (χ1n) is 13.6. The van der Waals surface area contributed by atoms with Crippen LogP contribution in [0.15, 0.2) is 5.38 Å². The van der Waals surface area contributed by atoms with E-state index in [9.17, 15) is 28.8 Å². The molecule has 1 aliphatic heterocycles. The molecule has 222 valence electrons. The number of carbonyl (C=O) groups excluding carboxylic acids is 5. The van der Waals surface area contributed by atoms with Crippen LogP contribution in [-0.2, 0) is 30.4 Å². The van der Waals surface area contributed by atoms with E-state index in [-0.39, 0.29) is 58.9 Å². The number of thiazole rings is 1. The van der Waals surface area contributed by atoms with Gasteiger partial charge in [-0.1, -0.05) is 40.5 Å². The van der Waals surface area contributed by atoms with Crippen LogP contribution in [0.4, 0.5) is 0 Å². The van der Waals surface area contributed by atoms with Gasteiger partial charge in [-0.3, -0.25) is 28.9 Å². The van der Waals surface area contributed by atoms with Crippen molar-refractivity contribution in [3.05, 3.63) is 16.1 Å². The lowest BCUT2D eigenvalue weighted by atomic mass is 9.83. The Hall–Kier alpha value is -3.19. The molecule has 0 spiro atoms. The summed E-state index contributed by atoms with van der Waals surface area (Å²) in [5, 5.41) is 15.5. The molecule has 5 atom stereocenters. The minimum atomic E-state index is -1.91. The molecule has 40 heavy (non-hydrogen) atoms. The highest BCUT2D eigenvalue weighted by atomic mass is 32.1. The Bertz CT molecular complexity index is 1090. The maximum absolute atomic E-state index is 13.4. The number of ketones is 2. The second-order valence-corrected chi connectivity index (χ2v) is 11.7. The van der Waals surface area contributed by atoms with E-state index in [0.29, 0.717) is 6.42 Å². The number of primary amides is 1. The first kappa shape index (κ1) is 33.0. The van der Waals surface area contributed by atoms with Crippen LogP contribution in [0.3, 0.4) is 0 Å². The summed E-state index contributed by atoms with van der Waals surface area (Å²) < 4.78 is 0. The lowest BCUT2D eigenvalue weighted by Gasteiger charge is -2.33. The minimum Gasteiger partial charge on any atom is -0.479 e. The third-order valence-electron chi connectivity index (χ3n) is 7.46. The largest absolute Gasteiger partial charge is 0.479 e. The van der Waals surface area contributed by atoms with Gasteiger partial charge in [0.25, 0.3) is 11.8 Å². The van der Waals surface area contributed by atoms with Crippen LogP contribution in [0.25, 0.3) is 0 Å². The Kier molecular flexibility index (Phi) is 12.4. The number of rotatable bonds is 15. The first-order valence-corrected chi connectivity index (χ1v) is 14.5. The van der Waals surface area contributed by atoms with E-state index in [1.807, 2.05) is 26.2 Å². The molecule has 0 saturated carbocycles. The van der Waals surface area contributed by atoms with Crippen molar-refractivity contribution in [1.82, 2.24) is 20.5 Å². The van der Waals surface area contributed by atoms with E-state index < -0.39 is 35.8 Å². The standard InChI is InChI=1S/C27H41N5O7S/c1-6-15(4)16(11-19(33)18-9-7-8-10-32(18)5)25(36)30-22(14(2)3)20(34)12-21-29-17(13-40-21)26(37)31-23(24(28)35)27(38)39/h13-16,18,22-23H,6-12H2,1-5H3,(H2,28,35)(H,30,36)(H,31,37)(H,38,39)/t15?,16-,18?,22-,23?/m0/s1. The van der Waals surface area contributed by atoms with Crippen molar-refractivity contribution in [3.63, 3.8) is 0 Å². The fraction of sp³-hybridized carbons (Fsp3) is 0.667. The van der Waals surface area contributed by atoms with Crippen molar-refractivity contribution in [2.45, 2.75) is 84.3 Å². The number of likely N-dealkylation sites (tertiary alicyclic amines) is 1. The molecule has 1 fully saturated rings. The summed E-state index contributed by atoms with van der Waals surface area (Å²) in [5.41, 5.74) is 4.84. The van der Waals surface area contributed by atoms with Crippen LogP contribution in [0.2, 0.25) is 0 Å². The molecular weight excluding hydrogens is 538 g/mol. The molecule has 0 aliphatic carbocycles. The summed E-state index contributed by atoms with van der Waals surface area (Å²) in [4.78, 5) is 80.7. The highest BCUT2D eigenvalue weighted by Crippen LogP contribution is 2.25. The number of piperidine rings is 1. The van der Waals surface area contributed by atoms with Crippen LogP contribution >= 0.6 is 11.3 Å². The molecule has 3 unspecified atom stereocenters. The Balaban J connectivity index is 2.10. The zero-order chi connectivity index (χ0) is 30.1. The Labute approximate surface area is 238 Å². The lowest BCUT2D eigenvalue weighted by molar-refractivity contribution is -0.143. The van der Waals surface area contributed by atoms with Crippen molar-refractivity contribution in [2.75, 3.05) is 13.6 Å². The number of amides is 3. The maximum atomic E-state index is 13.4. The van der Waals surface area contributed by atoms with Crippen molar-refractivity contribution >= 4 is 46.6 Å². The van der Waals surface area contributed by atoms with E-state index in [4.69, 9.17) is 10.8 Å². The number of carboxylic acid groups (broad SMARTS) is 1. The van der Waals surface area contributed by atoms with Gasteiger partial charge >= 0.3 is 5.97 Å². The van der Waals surface area contributed by atoms with Gasteiger partial charge in [-0.2, -0.15) is 0 Å². The Morgan fingerprint density at radius 3 is 2.38 bits per heavy atom. The smallest absolute Gasteiger partial charge is 0.336 e. The zero-order valence-corrected chi connectivity index (χ0v) is 24.6. The monoisotopic (exact) mass is 579 g/mol.